The summed E-state index contributed by atoms with van der Waals surface area (Å²) in [6.07, 6.45) is 3.30. The molecule has 0 N–H and O–H groups in total. The summed E-state index contributed by atoms with van der Waals surface area (Å²) < 4.78 is 5.52. The van der Waals surface area contributed by atoms with Crippen molar-refractivity contribution in [2.75, 3.05) is 0 Å². The van der Waals surface area contributed by atoms with Crippen LogP contribution in [0.5, 0.6) is 11.6 Å². The van der Waals surface area contributed by atoms with Crippen molar-refractivity contribution >= 4 is 0 Å². The molecular weight excluding hydrogens is 176 g/mol. The van der Waals surface area contributed by atoms with E-state index in [0.717, 1.165) is 11.4 Å². The van der Waals surface area contributed by atoms with Crippen LogP contribution in [-0.4, -0.2) is 9.97 Å². The van der Waals surface area contributed by atoms with E-state index in [-0.39, 0.29) is 0 Å². The Kier molecular flexibility index (Phi) is 2.40. The van der Waals surface area contributed by atoms with Gasteiger partial charge in [0, 0.05) is 24.5 Å². The van der Waals surface area contributed by atoms with Crippen molar-refractivity contribution in [3.05, 3.63) is 48.4 Å². The highest BCUT2D eigenvalue weighted by molar-refractivity contribution is 5.29. The second-order valence-electron chi connectivity index (χ2n) is 2.79. The summed E-state index contributed by atoms with van der Waals surface area (Å²) in [4.78, 5) is 8.12. The third kappa shape index (κ3) is 1.88. The molecule has 0 fully saturated rings. The van der Waals surface area contributed by atoms with Crippen molar-refractivity contribution in [3.8, 4) is 11.6 Å². The van der Waals surface area contributed by atoms with Gasteiger partial charge in [0.1, 0.15) is 0 Å². The maximum absolute atomic E-state index is 5.52. The van der Waals surface area contributed by atoms with Crippen LogP contribution in [0.4, 0.5) is 0 Å². The number of rotatable bonds is 2. The van der Waals surface area contributed by atoms with Crippen LogP contribution in [0, 0.1) is 13.0 Å². The average molecular weight is 185 g/mol. The Morgan fingerprint density at radius 1 is 1.29 bits per heavy atom. The molecule has 14 heavy (non-hydrogen) atoms. The monoisotopic (exact) mass is 185 g/mol. The van der Waals surface area contributed by atoms with Gasteiger partial charge in [-0.1, -0.05) is 0 Å². The van der Waals surface area contributed by atoms with Gasteiger partial charge in [-0.05, 0) is 25.1 Å². The van der Waals surface area contributed by atoms with Crippen molar-refractivity contribution in [3.63, 3.8) is 0 Å². The summed E-state index contributed by atoms with van der Waals surface area (Å²) in [5.74, 6) is 1.28. The van der Waals surface area contributed by atoms with Crippen LogP contribution in [-0.2, 0) is 0 Å². The van der Waals surface area contributed by atoms with Crippen molar-refractivity contribution < 1.29 is 4.74 Å². The highest BCUT2D eigenvalue weighted by atomic mass is 16.5. The second-order valence-corrected chi connectivity index (χ2v) is 2.79. The highest BCUT2D eigenvalue weighted by Gasteiger charge is 2.00. The highest BCUT2D eigenvalue weighted by Crippen LogP contribution is 2.20. The van der Waals surface area contributed by atoms with Gasteiger partial charge < -0.3 is 4.74 Å². The van der Waals surface area contributed by atoms with E-state index in [4.69, 9.17) is 4.74 Å². The molecule has 0 atom stereocenters. The molecule has 2 heterocycles. The number of nitrogens with zero attached hydrogens (tertiary/aromatic N) is 2. The molecule has 2 aromatic rings. The standard InChI is InChI=1S/C11H9N2O/c1-9-10(5-4-8-12-9)14-11-6-2-3-7-13-11/h2,4-8H,1H3. The number of pyridine rings is 2. The Morgan fingerprint density at radius 3 is 2.93 bits per heavy atom. The lowest BCUT2D eigenvalue weighted by atomic mass is 10.3. The van der Waals surface area contributed by atoms with Gasteiger partial charge in [0.05, 0.1) is 5.69 Å². The predicted molar refractivity (Wildman–Crippen MR) is 52.1 cm³/mol. The lowest BCUT2D eigenvalue weighted by Gasteiger charge is -2.05. The topological polar surface area (TPSA) is 35.0 Å². The van der Waals surface area contributed by atoms with Crippen LogP contribution in [0.1, 0.15) is 5.69 Å². The molecule has 0 spiro atoms. The molecule has 1 radical (unpaired) electrons. The quantitative estimate of drug-likeness (QED) is 0.720. The van der Waals surface area contributed by atoms with Crippen LogP contribution in [0.15, 0.2) is 36.7 Å². The molecule has 0 aliphatic heterocycles. The molecule has 0 aliphatic rings. The predicted octanol–water partition coefficient (Wildman–Crippen LogP) is 2.38. The van der Waals surface area contributed by atoms with Gasteiger partial charge in [-0.25, -0.2) is 4.98 Å². The second kappa shape index (κ2) is 3.87. The fourth-order valence-corrected chi connectivity index (χ4v) is 1.06. The molecule has 0 saturated heterocycles. The number of hydrogen-bond acceptors (Lipinski definition) is 3. The maximum atomic E-state index is 5.52. The van der Waals surface area contributed by atoms with Gasteiger partial charge in [0.2, 0.25) is 5.88 Å². The molecule has 0 aromatic carbocycles. The van der Waals surface area contributed by atoms with Gasteiger partial charge >= 0.3 is 0 Å². The van der Waals surface area contributed by atoms with E-state index in [2.05, 4.69) is 16.0 Å². The number of aryl methyl sites for hydroxylation is 1. The zero-order chi connectivity index (χ0) is 9.80. The zero-order valence-corrected chi connectivity index (χ0v) is 7.77. The number of ether oxygens (including phenoxy) is 1. The molecule has 0 unspecified atom stereocenters. The molecule has 69 valence electrons. The summed E-state index contributed by atoms with van der Waals surface area (Å²) in [5.41, 5.74) is 0.849. The first kappa shape index (κ1) is 8.69. The molecule has 2 aromatic heterocycles. The van der Waals surface area contributed by atoms with E-state index in [0.29, 0.717) is 5.88 Å². The zero-order valence-electron chi connectivity index (χ0n) is 7.77. The molecule has 3 nitrogen and oxygen atoms in total. The first-order valence-corrected chi connectivity index (χ1v) is 4.28. The van der Waals surface area contributed by atoms with Gasteiger partial charge in [-0.15, -0.1) is 0 Å². The smallest absolute Gasteiger partial charge is 0.219 e. The Labute approximate surface area is 82.4 Å². The Hall–Kier alpha value is -1.90. The van der Waals surface area contributed by atoms with Crippen LogP contribution in [0.2, 0.25) is 0 Å². The van der Waals surface area contributed by atoms with Gasteiger partial charge in [-0.3, -0.25) is 4.98 Å². The van der Waals surface area contributed by atoms with Gasteiger partial charge in [-0.2, -0.15) is 0 Å². The molecule has 2 rings (SSSR count). The van der Waals surface area contributed by atoms with Crippen LogP contribution in [0.3, 0.4) is 0 Å². The number of aromatic nitrogens is 2. The minimum atomic E-state index is 0.555. The summed E-state index contributed by atoms with van der Waals surface area (Å²) >= 11 is 0. The summed E-state index contributed by atoms with van der Waals surface area (Å²) in [6.45, 7) is 1.89. The molecule has 0 saturated carbocycles. The SMILES string of the molecule is Cc1ncccc1Oc1cc[c]cn1. The van der Waals surface area contributed by atoms with E-state index >= 15 is 0 Å². The minimum absolute atomic E-state index is 0.555. The Bertz CT molecular complexity index is 415. The molecule has 3 heteroatoms. The third-order valence-electron chi connectivity index (χ3n) is 1.76. The van der Waals surface area contributed by atoms with Crippen LogP contribution in [0.25, 0.3) is 0 Å². The minimum Gasteiger partial charge on any atom is -0.437 e. The molecular formula is C11H9N2O. The normalized spacial score (nSPS) is 9.79. The average Bonchev–Trinajstić information content (AvgIpc) is 2.23. The Balaban J connectivity index is 2.24. The fraction of sp³-hybridized carbons (Fsp3) is 0.0909. The lowest BCUT2D eigenvalue weighted by molar-refractivity contribution is 0.456. The summed E-state index contributed by atoms with van der Waals surface area (Å²) in [5, 5.41) is 0. The van der Waals surface area contributed by atoms with E-state index in [1.807, 2.05) is 19.1 Å². The lowest BCUT2D eigenvalue weighted by Crippen LogP contribution is -1.90. The van der Waals surface area contributed by atoms with Crippen molar-refractivity contribution in [2.45, 2.75) is 6.92 Å². The summed E-state index contributed by atoms with van der Waals surface area (Å²) in [6, 6.07) is 10.0. The third-order valence-corrected chi connectivity index (χ3v) is 1.76. The van der Waals surface area contributed by atoms with Crippen LogP contribution < -0.4 is 4.74 Å². The summed E-state index contributed by atoms with van der Waals surface area (Å²) in [7, 11) is 0. The molecule has 0 aliphatic carbocycles. The van der Waals surface area contributed by atoms with Gasteiger partial charge in [0.15, 0.2) is 5.75 Å². The Morgan fingerprint density at radius 2 is 2.21 bits per heavy atom. The maximum Gasteiger partial charge on any atom is 0.219 e. The first-order chi connectivity index (χ1) is 6.86. The van der Waals surface area contributed by atoms with Crippen molar-refractivity contribution in [1.29, 1.82) is 0 Å². The number of hydrogen-bond donors (Lipinski definition) is 0. The van der Waals surface area contributed by atoms with E-state index in [1.54, 1.807) is 24.5 Å². The fourth-order valence-electron chi connectivity index (χ4n) is 1.06. The molecule has 0 amide bonds. The van der Waals surface area contributed by atoms with E-state index in [1.165, 1.54) is 0 Å². The molecule has 0 bridgehead atoms. The first-order valence-electron chi connectivity index (χ1n) is 4.28. The van der Waals surface area contributed by atoms with Crippen molar-refractivity contribution in [1.82, 2.24) is 9.97 Å². The van der Waals surface area contributed by atoms with E-state index < -0.39 is 0 Å². The van der Waals surface area contributed by atoms with E-state index in [9.17, 15) is 0 Å². The van der Waals surface area contributed by atoms with Crippen LogP contribution >= 0.6 is 0 Å². The van der Waals surface area contributed by atoms with Gasteiger partial charge in [0.25, 0.3) is 0 Å². The largest absolute Gasteiger partial charge is 0.437 e. The van der Waals surface area contributed by atoms with Crippen molar-refractivity contribution in [2.24, 2.45) is 0 Å².